The van der Waals surface area contributed by atoms with E-state index in [0.29, 0.717) is 29.0 Å². The Hall–Kier alpha value is -3.61. The van der Waals surface area contributed by atoms with Crippen LogP contribution in [-0.4, -0.2) is 41.2 Å². The van der Waals surface area contributed by atoms with Gasteiger partial charge in [-0.3, -0.25) is 9.59 Å². The highest BCUT2D eigenvalue weighted by molar-refractivity contribution is 6.06. The zero-order valence-electron chi connectivity index (χ0n) is 16.2. The molecule has 1 unspecified atom stereocenters. The molecule has 2 heterocycles. The van der Waals surface area contributed by atoms with Crippen LogP contribution in [0.3, 0.4) is 0 Å². The molecule has 148 valence electrons. The van der Waals surface area contributed by atoms with Crippen LogP contribution >= 0.6 is 0 Å². The first-order valence-electron chi connectivity index (χ1n) is 9.41. The van der Waals surface area contributed by atoms with E-state index in [4.69, 9.17) is 9.47 Å². The molecule has 0 fully saturated rings. The van der Waals surface area contributed by atoms with Gasteiger partial charge in [0.2, 0.25) is 0 Å². The number of nitrogens with zero attached hydrogens (tertiary/aromatic N) is 2. The largest absolute Gasteiger partial charge is 0.494 e. The molecular weight excluding hydrogens is 370 g/mol. The summed E-state index contributed by atoms with van der Waals surface area (Å²) < 4.78 is 12.7. The van der Waals surface area contributed by atoms with E-state index in [-0.39, 0.29) is 18.3 Å². The fourth-order valence-electron chi connectivity index (χ4n) is 3.49. The Morgan fingerprint density at radius 1 is 1.24 bits per heavy atom. The molecule has 1 atom stereocenters. The van der Waals surface area contributed by atoms with Crippen molar-refractivity contribution in [2.24, 2.45) is 0 Å². The molecule has 0 saturated heterocycles. The number of carbonyl (C=O) groups excluding carboxylic acids is 2. The van der Waals surface area contributed by atoms with E-state index in [9.17, 15) is 9.59 Å². The molecule has 1 amide bonds. The molecule has 4 rings (SSSR count). The van der Waals surface area contributed by atoms with Crippen LogP contribution in [0.25, 0.3) is 5.69 Å². The lowest BCUT2D eigenvalue weighted by atomic mass is 10.0. The Morgan fingerprint density at radius 2 is 2.00 bits per heavy atom. The number of fused-ring (bicyclic) bond motifs is 1. The lowest BCUT2D eigenvalue weighted by Crippen LogP contribution is -2.47. The second-order valence-corrected chi connectivity index (χ2v) is 6.64. The van der Waals surface area contributed by atoms with E-state index in [2.05, 4.69) is 10.4 Å². The summed E-state index contributed by atoms with van der Waals surface area (Å²) in [4.78, 5) is 25.7. The minimum absolute atomic E-state index is 0.101. The van der Waals surface area contributed by atoms with Crippen molar-refractivity contribution in [2.75, 3.05) is 13.7 Å². The van der Waals surface area contributed by atoms with Gasteiger partial charge in [0.1, 0.15) is 29.8 Å². The summed E-state index contributed by atoms with van der Waals surface area (Å²) in [6.45, 7) is 2.05. The summed E-state index contributed by atoms with van der Waals surface area (Å²) in [7, 11) is 1.59. The molecule has 0 bridgehead atoms. The highest BCUT2D eigenvalue weighted by Gasteiger charge is 2.31. The highest BCUT2D eigenvalue weighted by Crippen LogP contribution is 2.26. The number of benzene rings is 2. The molecule has 0 radical (unpaired) electrons. The van der Waals surface area contributed by atoms with Gasteiger partial charge in [-0.15, -0.1) is 0 Å². The number of carbonyl (C=O) groups is 2. The summed E-state index contributed by atoms with van der Waals surface area (Å²) >= 11 is 0. The molecule has 3 aromatic rings. The van der Waals surface area contributed by atoms with Gasteiger partial charge in [-0.05, 0) is 30.7 Å². The molecule has 7 nitrogen and oxygen atoms in total. The highest BCUT2D eigenvalue weighted by atomic mass is 16.5. The number of ketones is 1. The maximum absolute atomic E-state index is 12.9. The van der Waals surface area contributed by atoms with Crippen molar-refractivity contribution >= 4 is 11.7 Å². The third kappa shape index (κ3) is 3.35. The van der Waals surface area contributed by atoms with E-state index >= 15 is 0 Å². The predicted octanol–water partition coefficient (Wildman–Crippen LogP) is 2.82. The lowest BCUT2D eigenvalue weighted by Gasteiger charge is -2.24. The van der Waals surface area contributed by atoms with Crippen molar-refractivity contribution in [3.8, 4) is 17.2 Å². The van der Waals surface area contributed by atoms with Crippen LogP contribution in [0, 0.1) is 0 Å². The van der Waals surface area contributed by atoms with Crippen molar-refractivity contribution in [1.82, 2.24) is 15.1 Å². The van der Waals surface area contributed by atoms with Crippen molar-refractivity contribution in [1.29, 1.82) is 0 Å². The van der Waals surface area contributed by atoms with E-state index in [1.54, 1.807) is 30.0 Å². The fourth-order valence-corrected chi connectivity index (χ4v) is 3.49. The first kappa shape index (κ1) is 18.7. The molecular formula is C22H21N3O4. The SMILES string of the molecule is CCc1c(C(=O)NC2COc3ccccc3C2=O)cnn1-c1ccccc1OC. The monoisotopic (exact) mass is 391 g/mol. The van der Waals surface area contributed by atoms with Gasteiger partial charge in [-0.2, -0.15) is 5.10 Å². The molecule has 0 aliphatic carbocycles. The van der Waals surface area contributed by atoms with Crippen molar-refractivity contribution in [2.45, 2.75) is 19.4 Å². The maximum Gasteiger partial charge on any atom is 0.255 e. The minimum atomic E-state index is -0.739. The summed E-state index contributed by atoms with van der Waals surface area (Å²) in [5, 5.41) is 7.19. The van der Waals surface area contributed by atoms with Gasteiger partial charge in [0.05, 0.1) is 30.1 Å². The third-order valence-electron chi connectivity index (χ3n) is 4.94. The van der Waals surface area contributed by atoms with Crippen LogP contribution in [0.5, 0.6) is 11.5 Å². The number of hydrogen-bond acceptors (Lipinski definition) is 5. The van der Waals surface area contributed by atoms with Gasteiger partial charge in [0, 0.05) is 0 Å². The summed E-state index contributed by atoms with van der Waals surface area (Å²) in [5.74, 6) is 0.686. The Morgan fingerprint density at radius 3 is 2.79 bits per heavy atom. The zero-order valence-corrected chi connectivity index (χ0v) is 16.2. The zero-order chi connectivity index (χ0) is 20.4. The minimum Gasteiger partial charge on any atom is -0.494 e. The molecule has 7 heteroatoms. The Kier molecular flexibility index (Phi) is 5.03. The second-order valence-electron chi connectivity index (χ2n) is 6.64. The smallest absolute Gasteiger partial charge is 0.255 e. The number of amides is 1. The van der Waals surface area contributed by atoms with Crippen LogP contribution in [0.2, 0.25) is 0 Å². The van der Waals surface area contributed by atoms with Gasteiger partial charge >= 0.3 is 0 Å². The van der Waals surface area contributed by atoms with Gasteiger partial charge in [0.15, 0.2) is 5.78 Å². The number of aromatic nitrogens is 2. The number of para-hydroxylation sites is 3. The van der Waals surface area contributed by atoms with E-state index < -0.39 is 6.04 Å². The van der Waals surface area contributed by atoms with Gasteiger partial charge < -0.3 is 14.8 Å². The van der Waals surface area contributed by atoms with E-state index in [1.165, 1.54) is 6.20 Å². The average Bonchev–Trinajstić information content (AvgIpc) is 3.20. The quantitative estimate of drug-likeness (QED) is 0.723. The molecule has 0 spiro atoms. The van der Waals surface area contributed by atoms with E-state index in [0.717, 1.165) is 11.4 Å². The Bertz CT molecular complexity index is 1070. The average molecular weight is 391 g/mol. The van der Waals surface area contributed by atoms with Crippen LogP contribution < -0.4 is 14.8 Å². The van der Waals surface area contributed by atoms with Gasteiger partial charge in [-0.1, -0.05) is 31.2 Å². The number of rotatable bonds is 5. The second kappa shape index (κ2) is 7.79. The van der Waals surface area contributed by atoms with Crippen LogP contribution in [0.15, 0.2) is 54.7 Å². The number of ether oxygens (including phenoxy) is 2. The molecule has 0 saturated carbocycles. The third-order valence-corrected chi connectivity index (χ3v) is 4.94. The van der Waals surface area contributed by atoms with Gasteiger partial charge in [0.25, 0.3) is 5.91 Å². The maximum atomic E-state index is 12.9. The fraction of sp³-hybridized carbons (Fsp3) is 0.227. The Balaban J connectivity index is 1.60. The molecule has 1 aliphatic heterocycles. The molecule has 2 aromatic carbocycles. The standard InChI is InChI=1S/C22H21N3O4/c1-3-17-15(12-23-25(17)18-9-5-7-11-20(18)28-2)22(27)24-16-13-29-19-10-6-4-8-14(19)21(16)26/h4-12,16H,3,13H2,1-2H3,(H,24,27). The van der Waals surface area contributed by atoms with Crippen molar-refractivity contribution in [3.63, 3.8) is 0 Å². The van der Waals surface area contributed by atoms with Crippen molar-refractivity contribution < 1.29 is 19.1 Å². The van der Waals surface area contributed by atoms with Crippen LogP contribution in [-0.2, 0) is 6.42 Å². The lowest BCUT2D eigenvalue weighted by molar-refractivity contribution is 0.0795. The number of nitrogens with one attached hydrogen (secondary N) is 1. The number of hydrogen-bond donors (Lipinski definition) is 1. The van der Waals surface area contributed by atoms with Gasteiger partial charge in [-0.25, -0.2) is 4.68 Å². The molecule has 1 aromatic heterocycles. The number of methoxy groups -OCH3 is 1. The first-order chi connectivity index (χ1) is 14.1. The summed E-state index contributed by atoms with van der Waals surface area (Å²) in [6, 6.07) is 13.8. The number of Topliss-reactive ketones (excluding diaryl/α,β-unsaturated/α-hetero) is 1. The Labute approximate surface area is 168 Å². The predicted molar refractivity (Wildman–Crippen MR) is 107 cm³/mol. The normalized spacial score (nSPS) is 15.4. The van der Waals surface area contributed by atoms with Crippen molar-refractivity contribution in [3.05, 3.63) is 71.5 Å². The van der Waals surface area contributed by atoms with Crippen LogP contribution in [0.1, 0.15) is 33.3 Å². The molecule has 1 aliphatic rings. The van der Waals surface area contributed by atoms with Crippen LogP contribution in [0.4, 0.5) is 0 Å². The topological polar surface area (TPSA) is 82.5 Å². The molecule has 1 N–H and O–H groups in total. The first-order valence-corrected chi connectivity index (χ1v) is 9.41. The summed E-state index contributed by atoms with van der Waals surface area (Å²) in [5.41, 5.74) is 2.38. The summed E-state index contributed by atoms with van der Waals surface area (Å²) in [6.07, 6.45) is 2.10. The van der Waals surface area contributed by atoms with E-state index in [1.807, 2.05) is 37.3 Å². The molecule has 29 heavy (non-hydrogen) atoms.